The molecule has 0 amide bonds. The maximum atomic E-state index is 11.5. The highest BCUT2D eigenvalue weighted by Crippen LogP contribution is 2.35. The first-order valence-electron chi connectivity index (χ1n) is 6.29. The molecule has 1 aromatic rings. The Balaban J connectivity index is 2.18. The number of rotatable bonds is 6. The number of nitrogens with zero attached hydrogens (tertiary/aromatic N) is 2. The van der Waals surface area contributed by atoms with Gasteiger partial charge in [0.1, 0.15) is 0 Å². The van der Waals surface area contributed by atoms with Gasteiger partial charge in [0.25, 0.3) is 0 Å². The Hall–Kier alpha value is -0.850. The molecule has 0 unspecified atom stereocenters. The Bertz CT molecular complexity index is 448. The van der Waals surface area contributed by atoms with E-state index in [1.54, 1.807) is 0 Å². The van der Waals surface area contributed by atoms with E-state index in [2.05, 4.69) is 14.6 Å². The van der Waals surface area contributed by atoms with E-state index in [0.717, 1.165) is 24.5 Å². The minimum absolute atomic E-state index is 0.145. The quantitative estimate of drug-likeness (QED) is 0.817. The average Bonchev–Trinajstić information content (AvgIpc) is 2.73. The number of carbonyl (C=O) groups excluding carboxylic acids is 1. The molecule has 0 radical (unpaired) electrons. The SMILES string of the molecule is COC(=O)c1sc(N(CCCO)C2CCC2)nc1Cl. The number of methoxy groups -OCH3 is 1. The molecule has 1 aliphatic rings. The monoisotopic (exact) mass is 304 g/mol. The summed E-state index contributed by atoms with van der Waals surface area (Å²) in [4.78, 5) is 18.3. The smallest absolute Gasteiger partial charge is 0.351 e. The number of aromatic nitrogens is 1. The van der Waals surface area contributed by atoms with E-state index in [-0.39, 0.29) is 11.8 Å². The van der Waals surface area contributed by atoms with Gasteiger partial charge in [-0.15, -0.1) is 0 Å². The van der Waals surface area contributed by atoms with Crippen LogP contribution >= 0.6 is 22.9 Å². The lowest BCUT2D eigenvalue weighted by atomic mass is 9.92. The zero-order valence-electron chi connectivity index (χ0n) is 10.8. The molecule has 0 atom stereocenters. The lowest BCUT2D eigenvalue weighted by Crippen LogP contribution is -2.41. The van der Waals surface area contributed by atoms with Crippen LogP contribution in [0, 0.1) is 0 Å². The Morgan fingerprint density at radius 2 is 2.37 bits per heavy atom. The second-order valence-electron chi connectivity index (χ2n) is 4.46. The van der Waals surface area contributed by atoms with Gasteiger partial charge in [-0.2, -0.15) is 0 Å². The molecule has 1 saturated carbocycles. The molecule has 106 valence electrons. The summed E-state index contributed by atoms with van der Waals surface area (Å²) in [5.74, 6) is -0.454. The second-order valence-corrected chi connectivity index (χ2v) is 5.80. The average molecular weight is 305 g/mol. The maximum Gasteiger partial charge on any atom is 0.351 e. The molecule has 5 nitrogen and oxygen atoms in total. The standard InChI is InChI=1S/C12H17ClN2O3S/c1-18-11(17)9-10(13)14-12(19-9)15(6-3-7-16)8-4-2-5-8/h8,16H,2-7H2,1H3. The summed E-state index contributed by atoms with van der Waals surface area (Å²) in [7, 11) is 1.33. The van der Waals surface area contributed by atoms with Crippen molar-refractivity contribution in [2.24, 2.45) is 0 Å². The third-order valence-electron chi connectivity index (χ3n) is 3.26. The van der Waals surface area contributed by atoms with Gasteiger partial charge in [0, 0.05) is 19.2 Å². The number of aliphatic hydroxyl groups is 1. The van der Waals surface area contributed by atoms with Crippen molar-refractivity contribution >= 4 is 34.0 Å². The van der Waals surface area contributed by atoms with Crippen LogP contribution in [-0.4, -0.2) is 42.4 Å². The Kier molecular flexibility index (Phi) is 5.01. The van der Waals surface area contributed by atoms with Crippen LogP contribution in [0.25, 0.3) is 0 Å². The number of thiazole rings is 1. The van der Waals surface area contributed by atoms with Gasteiger partial charge in [-0.05, 0) is 25.7 Å². The van der Waals surface area contributed by atoms with Crippen molar-refractivity contribution < 1.29 is 14.6 Å². The highest BCUT2D eigenvalue weighted by molar-refractivity contribution is 7.18. The van der Waals surface area contributed by atoms with Crippen LogP contribution in [0.3, 0.4) is 0 Å². The van der Waals surface area contributed by atoms with Crippen molar-refractivity contribution in [2.45, 2.75) is 31.7 Å². The number of hydrogen-bond acceptors (Lipinski definition) is 6. The predicted molar refractivity (Wildman–Crippen MR) is 75.2 cm³/mol. The fourth-order valence-electron chi connectivity index (χ4n) is 2.01. The van der Waals surface area contributed by atoms with Gasteiger partial charge in [0.2, 0.25) is 0 Å². The Morgan fingerprint density at radius 1 is 1.63 bits per heavy atom. The molecule has 2 rings (SSSR count). The number of halogens is 1. The molecule has 1 aromatic heterocycles. The molecule has 7 heteroatoms. The molecule has 0 bridgehead atoms. The van der Waals surface area contributed by atoms with Crippen LogP contribution in [0.4, 0.5) is 5.13 Å². The highest BCUT2D eigenvalue weighted by atomic mass is 35.5. The molecule has 0 saturated heterocycles. The van der Waals surface area contributed by atoms with Crippen molar-refractivity contribution in [2.75, 3.05) is 25.2 Å². The van der Waals surface area contributed by atoms with Crippen molar-refractivity contribution in [1.29, 1.82) is 0 Å². The van der Waals surface area contributed by atoms with Crippen LogP contribution in [0.5, 0.6) is 0 Å². The second kappa shape index (κ2) is 6.54. The molecule has 1 heterocycles. The number of esters is 1. The van der Waals surface area contributed by atoms with Gasteiger partial charge >= 0.3 is 5.97 Å². The van der Waals surface area contributed by atoms with Crippen molar-refractivity contribution in [3.05, 3.63) is 10.0 Å². The van der Waals surface area contributed by atoms with Crippen molar-refractivity contribution in [3.63, 3.8) is 0 Å². The van der Waals surface area contributed by atoms with Gasteiger partial charge in [0.15, 0.2) is 15.2 Å². The van der Waals surface area contributed by atoms with Crippen LogP contribution in [-0.2, 0) is 4.74 Å². The minimum atomic E-state index is -0.454. The van der Waals surface area contributed by atoms with Gasteiger partial charge in [-0.1, -0.05) is 22.9 Å². The lowest BCUT2D eigenvalue weighted by Gasteiger charge is -2.37. The zero-order valence-corrected chi connectivity index (χ0v) is 12.3. The Labute approximate surface area is 121 Å². The predicted octanol–water partition coefficient (Wildman–Crippen LogP) is 2.32. The van der Waals surface area contributed by atoms with Gasteiger partial charge in [0.05, 0.1) is 7.11 Å². The number of aliphatic hydroxyl groups excluding tert-OH is 1. The minimum Gasteiger partial charge on any atom is -0.465 e. The summed E-state index contributed by atoms with van der Waals surface area (Å²) in [5, 5.41) is 9.91. The number of ether oxygens (including phenoxy) is 1. The number of carbonyl (C=O) groups is 1. The molecular weight excluding hydrogens is 288 g/mol. The van der Waals surface area contributed by atoms with Crippen LogP contribution in [0.15, 0.2) is 0 Å². The van der Waals surface area contributed by atoms with Gasteiger partial charge in [-0.25, -0.2) is 9.78 Å². The fraction of sp³-hybridized carbons (Fsp3) is 0.667. The van der Waals surface area contributed by atoms with Crippen LogP contribution < -0.4 is 4.90 Å². The molecule has 1 aliphatic carbocycles. The maximum absolute atomic E-state index is 11.5. The van der Waals surface area contributed by atoms with E-state index in [9.17, 15) is 4.79 Å². The lowest BCUT2D eigenvalue weighted by molar-refractivity contribution is 0.0606. The zero-order chi connectivity index (χ0) is 13.8. The first-order chi connectivity index (χ1) is 9.17. The molecule has 0 aliphatic heterocycles. The Morgan fingerprint density at radius 3 is 2.89 bits per heavy atom. The summed E-state index contributed by atoms with van der Waals surface area (Å²) in [6, 6.07) is 0.444. The first kappa shape index (κ1) is 14.6. The fourth-order valence-corrected chi connectivity index (χ4v) is 3.30. The summed E-state index contributed by atoms with van der Waals surface area (Å²) < 4.78 is 4.68. The van der Waals surface area contributed by atoms with Gasteiger partial charge < -0.3 is 14.7 Å². The van der Waals surface area contributed by atoms with Crippen LogP contribution in [0.2, 0.25) is 5.15 Å². The van der Waals surface area contributed by atoms with E-state index in [0.29, 0.717) is 17.3 Å². The van der Waals surface area contributed by atoms with Crippen molar-refractivity contribution in [1.82, 2.24) is 4.98 Å². The third kappa shape index (κ3) is 3.19. The van der Waals surface area contributed by atoms with E-state index in [1.165, 1.54) is 24.9 Å². The van der Waals surface area contributed by atoms with E-state index < -0.39 is 5.97 Å². The molecular formula is C12H17ClN2O3S. The molecule has 1 fully saturated rings. The van der Waals surface area contributed by atoms with E-state index in [4.69, 9.17) is 16.7 Å². The van der Waals surface area contributed by atoms with Crippen molar-refractivity contribution in [3.8, 4) is 0 Å². The summed E-state index contributed by atoms with van der Waals surface area (Å²) >= 11 is 7.24. The summed E-state index contributed by atoms with van der Waals surface area (Å²) in [6.45, 7) is 0.873. The molecule has 19 heavy (non-hydrogen) atoms. The van der Waals surface area contributed by atoms with E-state index >= 15 is 0 Å². The number of hydrogen-bond donors (Lipinski definition) is 1. The van der Waals surface area contributed by atoms with Gasteiger partial charge in [-0.3, -0.25) is 0 Å². The molecule has 0 spiro atoms. The molecule has 0 aromatic carbocycles. The summed E-state index contributed by atoms with van der Waals surface area (Å²) in [5.41, 5.74) is 0. The topological polar surface area (TPSA) is 62.7 Å². The van der Waals surface area contributed by atoms with Crippen LogP contribution in [0.1, 0.15) is 35.4 Å². The van der Waals surface area contributed by atoms with E-state index in [1.807, 2.05) is 0 Å². The summed E-state index contributed by atoms with van der Waals surface area (Å²) in [6.07, 6.45) is 4.14. The first-order valence-corrected chi connectivity index (χ1v) is 7.49. The normalized spacial score (nSPS) is 15.1. The highest BCUT2D eigenvalue weighted by Gasteiger charge is 2.28. The third-order valence-corrected chi connectivity index (χ3v) is 4.72. The largest absolute Gasteiger partial charge is 0.465 e. The molecule has 1 N–H and O–H groups in total. The number of anilines is 1.